The first-order chi connectivity index (χ1) is 13.5. The highest BCUT2D eigenvalue weighted by molar-refractivity contribution is 6.09. The van der Waals surface area contributed by atoms with Gasteiger partial charge in [0.05, 0.1) is 0 Å². The number of aliphatic hydroxyl groups excluding tert-OH is 1. The summed E-state index contributed by atoms with van der Waals surface area (Å²) in [5, 5.41) is 23.3. The summed E-state index contributed by atoms with van der Waals surface area (Å²) in [6.45, 7) is 5.05. The SMILES string of the molecule is CCOC(O)C1CCC2C(C3CC13)N(CC1N=C(C)C=CC1=NO)C(N)N2C. The monoisotopic (exact) mass is 391 g/mol. The minimum atomic E-state index is -0.671. The first-order valence-electron chi connectivity index (χ1n) is 10.4. The second-order valence-corrected chi connectivity index (χ2v) is 8.63. The number of hydrogen-bond acceptors (Lipinski definition) is 8. The fourth-order valence-corrected chi connectivity index (χ4v) is 5.66. The summed E-state index contributed by atoms with van der Waals surface area (Å²) in [6.07, 6.45) is 5.92. The van der Waals surface area contributed by atoms with Crippen LogP contribution in [0.2, 0.25) is 0 Å². The van der Waals surface area contributed by atoms with Crippen molar-refractivity contribution in [3.05, 3.63) is 12.2 Å². The molecule has 2 saturated carbocycles. The number of likely N-dealkylation sites (N-methyl/N-ethyl adjacent to an activating group) is 1. The molecule has 4 N–H and O–H groups in total. The van der Waals surface area contributed by atoms with Crippen LogP contribution in [0.3, 0.4) is 0 Å². The van der Waals surface area contributed by atoms with E-state index in [2.05, 4.69) is 27.0 Å². The van der Waals surface area contributed by atoms with Gasteiger partial charge in [-0.3, -0.25) is 14.8 Å². The number of ether oxygens (including phenoxy) is 1. The van der Waals surface area contributed by atoms with E-state index in [4.69, 9.17) is 10.5 Å². The second-order valence-electron chi connectivity index (χ2n) is 8.63. The Balaban J connectivity index is 1.54. The fourth-order valence-electron chi connectivity index (χ4n) is 5.66. The summed E-state index contributed by atoms with van der Waals surface area (Å²) in [7, 11) is 2.09. The van der Waals surface area contributed by atoms with Crippen LogP contribution >= 0.6 is 0 Å². The molecule has 8 atom stereocenters. The van der Waals surface area contributed by atoms with Crippen molar-refractivity contribution in [1.82, 2.24) is 9.80 Å². The maximum Gasteiger partial charge on any atom is 0.157 e. The Morgan fingerprint density at radius 3 is 2.86 bits per heavy atom. The number of fused-ring (bicyclic) bond motifs is 3. The number of oxime groups is 1. The van der Waals surface area contributed by atoms with Gasteiger partial charge in [-0.1, -0.05) is 5.16 Å². The first-order valence-corrected chi connectivity index (χ1v) is 10.4. The van der Waals surface area contributed by atoms with Crippen molar-refractivity contribution in [2.24, 2.45) is 33.6 Å². The van der Waals surface area contributed by atoms with E-state index in [-0.39, 0.29) is 18.2 Å². The molecule has 156 valence electrons. The van der Waals surface area contributed by atoms with Gasteiger partial charge < -0.3 is 20.8 Å². The molecule has 1 saturated heterocycles. The van der Waals surface area contributed by atoms with Crippen molar-refractivity contribution in [2.45, 2.75) is 63.8 Å². The molecule has 0 aromatic heterocycles. The van der Waals surface area contributed by atoms with Crippen molar-refractivity contribution >= 4 is 11.4 Å². The lowest BCUT2D eigenvalue weighted by Crippen LogP contribution is -2.51. The summed E-state index contributed by atoms with van der Waals surface area (Å²) < 4.78 is 5.53. The van der Waals surface area contributed by atoms with E-state index in [0.717, 1.165) is 25.0 Å². The molecule has 0 bridgehead atoms. The van der Waals surface area contributed by atoms with Crippen molar-refractivity contribution in [2.75, 3.05) is 20.2 Å². The molecule has 2 aliphatic heterocycles. The van der Waals surface area contributed by atoms with Crippen LogP contribution in [0.4, 0.5) is 0 Å². The van der Waals surface area contributed by atoms with Gasteiger partial charge in [-0.05, 0) is 64.1 Å². The summed E-state index contributed by atoms with van der Waals surface area (Å²) in [5.74, 6) is 1.21. The Morgan fingerprint density at radius 1 is 1.36 bits per heavy atom. The molecule has 0 spiro atoms. The quantitative estimate of drug-likeness (QED) is 0.364. The number of allylic oxidation sites excluding steroid dienone is 1. The zero-order valence-corrected chi connectivity index (χ0v) is 17.0. The summed E-state index contributed by atoms with van der Waals surface area (Å²) in [4.78, 5) is 9.30. The minimum absolute atomic E-state index is 0.175. The Kier molecular flexibility index (Phi) is 5.59. The molecular weight excluding hydrogens is 358 g/mol. The molecule has 4 aliphatic rings. The highest BCUT2D eigenvalue weighted by Gasteiger charge is 2.59. The Hall–Kier alpha value is -1.32. The van der Waals surface area contributed by atoms with Crippen LogP contribution in [0.15, 0.2) is 22.3 Å². The van der Waals surface area contributed by atoms with E-state index < -0.39 is 6.29 Å². The molecule has 4 rings (SSSR count). The average Bonchev–Trinajstić information content (AvgIpc) is 3.42. The van der Waals surface area contributed by atoms with Crippen molar-refractivity contribution in [3.8, 4) is 0 Å². The van der Waals surface area contributed by atoms with E-state index in [1.807, 2.05) is 26.0 Å². The molecule has 2 heterocycles. The Labute approximate surface area is 166 Å². The molecule has 8 nitrogen and oxygen atoms in total. The molecule has 0 radical (unpaired) electrons. The van der Waals surface area contributed by atoms with Gasteiger partial charge in [-0.15, -0.1) is 0 Å². The standard InChI is InChI=1S/C20H33N5O3/c1-4-28-19(26)12-6-8-17-18(14-9-13(12)14)25(20(21)24(17)3)10-16-15(23-27)7-5-11(2)22-16/h5,7,12-14,16-20,26-27H,4,6,8-10,21H2,1-3H3. The number of aliphatic imine (C=N–C) groups is 1. The van der Waals surface area contributed by atoms with Gasteiger partial charge in [0.2, 0.25) is 0 Å². The maximum atomic E-state index is 10.5. The fraction of sp³-hybridized carbons (Fsp3) is 0.800. The topological polar surface area (TPSA) is 107 Å². The van der Waals surface area contributed by atoms with E-state index in [1.54, 1.807) is 0 Å². The largest absolute Gasteiger partial charge is 0.411 e. The minimum Gasteiger partial charge on any atom is -0.411 e. The molecule has 0 aromatic carbocycles. The summed E-state index contributed by atoms with van der Waals surface area (Å²) in [5.41, 5.74) is 8.11. The lowest BCUT2D eigenvalue weighted by Gasteiger charge is -2.31. The summed E-state index contributed by atoms with van der Waals surface area (Å²) >= 11 is 0. The van der Waals surface area contributed by atoms with Crippen molar-refractivity contribution in [3.63, 3.8) is 0 Å². The number of hydrogen-bond donors (Lipinski definition) is 3. The van der Waals surface area contributed by atoms with Crippen LogP contribution < -0.4 is 5.73 Å². The first kappa shape index (κ1) is 20.0. The van der Waals surface area contributed by atoms with Gasteiger partial charge in [0.25, 0.3) is 0 Å². The van der Waals surface area contributed by atoms with Crippen LogP contribution in [0.5, 0.6) is 0 Å². The van der Waals surface area contributed by atoms with Crippen LogP contribution in [0, 0.1) is 17.8 Å². The predicted molar refractivity (Wildman–Crippen MR) is 107 cm³/mol. The molecule has 0 aromatic rings. The van der Waals surface area contributed by atoms with Gasteiger partial charge in [-0.2, -0.15) is 0 Å². The third-order valence-corrected chi connectivity index (χ3v) is 7.13. The number of nitrogens with two attached hydrogens (primary N) is 1. The van der Waals surface area contributed by atoms with Gasteiger partial charge >= 0.3 is 0 Å². The Bertz CT molecular complexity index is 681. The van der Waals surface area contributed by atoms with Gasteiger partial charge in [0.1, 0.15) is 18.0 Å². The third kappa shape index (κ3) is 3.41. The smallest absolute Gasteiger partial charge is 0.157 e. The molecule has 28 heavy (non-hydrogen) atoms. The zero-order chi connectivity index (χ0) is 20.0. The highest BCUT2D eigenvalue weighted by atomic mass is 16.6. The van der Waals surface area contributed by atoms with Crippen LogP contribution in [-0.2, 0) is 4.74 Å². The maximum absolute atomic E-state index is 10.5. The molecule has 8 heteroatoms. The van der Waals surface area contributed by atoms with E-state index >= 15 is 0 Å². The van der Waals surface area contributed by atoms with Gasteiger partial charge in [0.15, 0.2) is 6.29 Å². The molecule has 2 aliphatic carbocycles. The Morgan fingerprint density at radius 2 is 2.14 bits per heavy atom. The number of nitrogens with zero attached hydrogens (tertiary/aromatic N) is 4. The van der Waals surface area contributed by atoms with Crippen molar-refractivity contribution < 1.29 is 15.1 Å². The number of rotatable bonds is 5. The van der Waals surface area contributed by atoms with Gasteiger partial charge in [-0.25, -0.2) is 0 Å². The van der Waals surface area contributed by atoms with Crippen LogP contribution in [-0.4, -0.2) is 82.4 Å². The lowest BCUT2D eigenvalue weighted by atomic mass is 9.96. The van der Waals surface area contributed by atoms with Crippen LogP contribution in [0.1, 0.15) is 33.1 Å². The molecule has 0 amide bonds. The van der Waals surface area contributed by atoms with Crippen molar-refractivity contribution in [1.29, 1.82) is 0 Å². The number of aliphatic hydroxyl groups is 1. The molecular formula is C20H33N5O3. The summed E-state index contributed by atoms with van der Waals surface area (Å²) in [6, 6.07) is 0.492. The predicted octanol–water partition coefficient (Wildman–Crippen LogP) is 0.844. The van der Waals surface area contributed by atoms with E-state index in [9.17, 15) is 10.3 Å². The molecule has 8 unspecified atom stereocenters. The van der Waals surface area contributed by atoms with Crippen LogP contribution in [0.25, 0.3) is 0 Å². The molecule has 3 fully saturated rings. The zero-order valence-electron chi connectivity index (χ0n) is 17.0. The average molecular weight is 392 g/mol. The van der Waals surface area contributed by atoms with E-state index in [1.165, 1.54) is 0 Å². The lowest BCUT2D eigenvalue weighted by molar-refractivity contribution is -0.138. The van der Waals surface area contributed by atoms with Gasteiger partial charge in [0, 0.05) is 36.9 Å². The number of dihydropyridines is 1. The normalized spacial score (nSPS) is 43.4. The van der Waals surface area contributed by atoms with E-state index in [0.29, 0.717) is 42.8 Å². The second kappa shape index (κ2) is 7.84. The highest BCUT2D eigenvalue weighted by Crippen LogP contribution is 2.56. The third-order valence-electron chi connectivity index (χ3n) is 7.13.